The van der Waals surface area contributed by atoms with Gasteiger partial charge in [-0.1, -0.05) is 54.6 Å². The van der Waals surface area contributed by atoms with Crippen molar-refractivity contribution in [3.63, 3.8) is 0 Å². The van der Waals surface area contributed by atoms with Gasteiger partial charge in [-0.15, -0.1) is 0 Å². The Bertz CT molecular complexity index is 976. The van der Waals surface area contributed by atoms with E-state index >= 15 is 0 Å². The summed E-state index contributed by atoms with van der Waals surface area (Å²) in [5.74, 6) is -0.133. The fourth-order valence-electron chi connectivity index (χ4n) is 4.09. The second-order valence-corrected chi connectivity index (χ2v) is 7.93. The van der Waals surface area contributed by atoms with E-state index < -0.39 is 0 Å². The third kappa shape index (κ3) is 4.78. The van der Waals surface area contributed by atoms with Crippen molar-refractivity contribution in [3.8, 4) is 11.3 Å². The number of rotatable bonds is 6. The molecule has 0 radical (unpaired) electrons. The first-order valence-electron chi connectivity index (χ1n) is 10.4. The summed E-state index contributed by atoms with van der Waals surface area (Å²) in [7, 11) is 0. The van der Waals surface area contributed by atoms with E-state index in [1.165, 1.54) is 5.56 Å². The molecule has 1 amide bonds. The average Bonchev–Trinajstić information content (AvgIpc) is 3.23. The molecule has 6 nitrogen and oxygen atoms in total. The number of nitrogens with zero attached hydrogens (tertiary/aromatic N) is 2. The van der Waals surface area contributed by atoms with E-state index in [0.717, 1.165) is 36.5 Å². The molecule has 1 aliphatic rings. The minimum absolute atomic E-state index is 0.133. The van der Waals surface area contributed by atoms with E-state index in [1.807, 2.05) is 36.4 Å². The molecule has 2 atom stereocenters. The summed E-state index contributed by atoms with van der Waals surface area (Å²) in [5, 5.41) is 10.1. The monoisotopic (exact) mass is 404 g/mol. The highest BCUT2D eigenvalue weighted by atomic mass is 16.5. The summed E-state index contributed by atoms with van der Waals surface area (Å²) in [6.45, 7) is 7.39. The van der Waals surface area contributed by atoms with E-state index in [-0.39, 0.29) is 18.1 Å². The zero-order valence-electron chi connectivity index (χ0n) is 17.5. The smallest absolute Gasteiger partial charge is 0.255 e. The van der Waals surface area contributed by atoms with Crippen molar-refractivity contribution in [3.05, 3.63) is 77.5 Å². The van der Waals surface area contributed by atoms with Crippen LogP contribution in [0.4, 0.5) is 0 Å². The molecule has 156 valence electrons. The lowest BCUT2D eigenvalue weighted by atomic mass is 10.1. The van der Waals surface area contributed by atoms with E-state index in [1.54, 1.807) is 6.20 Å². The molecule has 0 bridgehead atoms. The SMILES string of the molecule is CC1CN(Cc2ccccc2CNC(=O)c2cn[nH]c2-c2ccccc2)CC(C)O1. The van der Waals surface area contributed by atoms with Gasteiger partial charge in [-0.25, -0.2) is 0 Å². The standard InChI is InChI=1S/C24H28N4O2/c1-17-14-28(15-18(2)30-17)16-21-11-7-6-10-20(21)12-25-24(29)22-13-26-27-23(22)19-8-4-3-5-9-19/h3-11,13,17-18H,12,14-16H2,1-2H3,(H,25,29)(H,26,27). The predicted octanol–water partition coefficient (Wildman–Crippen LogP) is 3.62. The van der Waals surface area contributed by atoms with Crippen molar-refractivity contribution in [2.45, 2.75) is 39.1 Å². The first kappa shape index (κ1) is 20.3. The lowest BCUT2D eigenvalue weighted by Gasteiger charge is -2.35. The maximum Gasteiger partial charge on any atom is 0.255 e. The van der Waals surface area contributed by atoms with Gasteiger partial charge < -0.3 is 10.1 Å². The molecule has 30 heavy (non-hydrogen) atoms. The molecule has 1 aliphatic heterocycles. The highest BCUT2D eigenvalue weighted by molar-refractivity contribution is 5.99. The molecule has 1 fully saturated rings. The number of hydrogen-bond acceptors (Lipinski definition) is 4. The van der Waals surface area contributed by atoms with Gasteiger partial charge in [0.05, 0.1) is 29.7 Å². The molecule has 2 N–H and O–H groups in total. The maximum atomic E-state index is 12.9. The van der Waals surface area contributed by atoms with Gasteiger partial charge in [-0.3, -0.25) is 14.8 Å². The second-order valence-electron chi connectivity index (χ2n) is 7.93. The normalized spacial score (nSPS) is 19.5. The number of aromatic nitrogens is 2. The number of ether oxygens (including phenoxy) is 1. The molecule has 1 saturated heterocycles. The van der Waals surface area contributed by atoms with Gasteiger partial charge in [-0.05, 0) is 25.0 Å². The maximum absolute atomic E-state index is 12.9. The molecule has 3 aromatic rings. The largest absolute Gasteiger partial charge is 0.373 e. The van der Waals surface area contributed by atoms with E-state index in [9.17, 15) is 4.79 Å². The zero-order valence-corrected chi connectivity index (χ0v) is 17.5. The van der Waals surface area contributed by atoms with Gasteiger partial charge >= 0.3 is 0 Å². The predicted molar refractivity (Wildman–Crippen MR) is 117 cm³/mol. The Morgan fingerprint density at radius 1 is 1.07 bits per heavy atom. The third-order valence-electron chi connectivity index (χ3n) is 5.39. The van der Waals surface area contributed by atoms with Crippen molar-refractivity contribution >= 4 is 5.91 Å². The van der Waals surface area contributed by atoms with Crippen LogP contribution in [0.5, 0.6) is 0 Å². The van der Waals surface area contributed by atoms with Gasteiger partial charge in [0.1, 0.15) is 0 Å². The highest BCUT2D eigenvalue weighted by Gasteiger charge is 2.23. The van der Waals surface area contributed by atoms with Crippen LogP contribution in [0.3, 0.4) is 0 Å². The Morgan fingerprint density at radius 3 is 2.47 bits per heavy atom. The third-order valence-corrected chi connectivity index (χ3v) is 5.39. The number of nitrogens with one attached hydrogen (secondary N) is 2. The number of carbonyl (C=O) groups is 1. The number of benzene rings is 2. The fraction of sp³-hybridized carbons (Fsp3) is 0.333. The van der Waals surface area contributed by atoms with Crippen molar-refractivity contribution in [2.75, 3.05) is 13.1 Å². The minimum Gasteiger partial charge on any atom is -0.373 e. The molecule has 2 aromatic carbocycles. The minimum atomic E-state index is -0.133. The molecular formula is C24H28N4O2. The Morgan fingerprint density at radius 2 is 1.73 bits per heavy atom. The number of carbonyl (C=O) groups excluding carboxylic acids is 1. The van der Waals surface area contributed by atoms with Crippen LogP contribution in [0.25, 0.3) is 11.3 Å². The molecule has 2 unspecified atom stereocenters. The van der Waals surface area contributed by atoms with Gasteiger partial charge in [0, 0.05) is 31.7 Å². The van der Waals surface area contributed by atoms with Crippen LogP contribution in [0, 0.1) is 0 Å². The number of amides is 1. The van der Waals surface area contributed by atoms with E-state index in [0.29, 0.717) is 12.1 Å². The fourth-order valence-corrected chi connectivity index (χ4v) is 4.09. The van der Waals surface area contributed by atoms with Crippen LogP contribution in [-0.2, 0) is 17.8 Å². The van der Waals surface area contributed by atoms with Crippen LogP contribution < -0.4 is 5.32 Å². The highest BCUT2D eigenvalue weighted by Crippen LogP contribution is 2.21. The Labute approximate surface area is 177 Å². The summed E-state index contributed by atoms with van der Waals surface area (Å²) in [4.78, 5) is 15.3. The first-order valence-corrected chi connectivity index (χ1v) is 10.4. The molecule has 1 aromatic heterocycles. The lowest BCUT2D eigenvalue weighted by molar-refractivity contribution is -0.0705. The molecule has 0 saturated carbocycles. The first-order chi connectivity index (χ1) is 14.6. The van der Waals surface area contributed by atoms with Gasteiger partial charge in [0.25, 0.3) is 5.91 Å². The van der Waals surface area contributed by atoms with Crippen LogP contribution in [0.15, 0.2) is 60.8 Å². The average molecular weight is 405 g/mol. The van der Waals surface area contributed by atoms with Crippen molar-refractivity contribution < 1.29 is 9.53 Å². The van der Waals surface area contributed by atoms with Gasteiger partial charge in [-0.2, -0.15) is 5.10 Å². The molecule has 4 rings (SSSR count). The number of morpholine rings is 1. The van der Waals surface area contributed by atoms with Crippen molar-refractivity contribution in [2.24, 2.45) is 0 Å². The summed E-state index contributed by atoms with van der Waals surface area (Å²) in [5.41, 5.74) is 4.58. The lowest BCUT2D eigenvalue weighted by Crippen LogP contribution is -2.45. The Balaban J connectivity index is 1.44. The number of aromatic amines is 1. The summed E-state index contributed by atoms with van der Waals surface area (Å²) < 4.78 is 5.84. The summed E-state index contributed by atoms with van der Waals surface area (Å²) in [6, 6.07) is 18.1. The zero-order chi connectivity index (χ0) is 20.9. The van der Waals surface area contributed by atoms with Crippen LogP contribution in [-0.4, -0.2) is 46.3 Å². The molecule has 0 aliphatic carbocycles. The summed E-state index contributed by atoms with van der Waals surface area (Å²) >= 11 is 0. The number of H-pyrrole nitrogens is 1. The van der Waals surface area contributed by atoms with Crippen LogP contribution in [0.2, 0.25) is 0 Å². The topological polar surface area (TPSA) is 70.2 Å². The van der Waals surface area contributed by atoms with Crippen molar-refractivity contribution in [1.82, 2.24) is 20.4 Å². The van der Waals surface area contributed by atoms with Crippen LogP contribution >= 0.6 is 0 Å². The van der Waals surface area contributed by atoms with E-state index in [4.69, 9.17) is 4.74 Å². The van der Waals surface area contributed by atoms with E-state index in [2.05, 4.69) is 52.5 Å². The Hall–Kier alpha value is -2.96. The van der Waals surface area contributed by atoms with Gasteiger partial charge in [0.15, 0.2) is 0 Å². The molecule has 6 heteroatoms. The van der Waals surface area contributed by atoms with Crippen LogP contribution in [0.1, 0.15) is 35.3 Å². The molecule has 2 heterocycles. The summed E-state index contributed by atoms with van der Waals surface area (Å²) in [6.07, 6.45) is 2.05. The Kier molecular flexibility index (Phi) is 6.26. The molecule has 0 spiro atoms. The number of hydrogen-bond donors (Lipinski definition) is 2. The van der Waals surface area contributed by atoms with Gasteiger partial charge in [0.2, 0.25) is 0 Å². The van der Waals surface area contributed by atoms with Crippen molar-refractivity contribution in [1.29, 1.82) is 0 Å². The second kappa shape index (κ2) is 9.24. The molecular weight excluding hydrogens is 376 g/mol. The quantitative estimate of drug-likeness (QED) is 0.658.